The summed E-state index contributed by atoms with van der Waals surface area (Å²) >= 11 is 0. The Hall–Kier alpha value is -3.31. The zero-order valence-electron chi connectivity index (χ0n) is 16.3. The molecule has 0 N–H and O–H groups in total. The van der Waals surface area contributed by atoms with Gasteiger partial charge in [0.15, 0.2) is 0 Å². The molecule has 0 unspecified atom stereocenters. The molecule has 0 bridgehead atoms. The molecule has 2 aromatic carbocycles. The molecular weight excluding hydrogens is 365 g/mol. The van der Waals surface area contributed by atoms with Crippen LogP contribution in [0.4, 0.5) is 4.39 Å². The molecule has 0 radical (unpaired) electrons. The lowest BCUT2D eigenvalue weighted by Crippen LogP contribution is -2.25. The molecular formula is C24H22FN3O. The number of rotatable bonds is 6. The van der Waals surface area contributed by atoms with Crippen LogP contribution in [0.5, 0.6) is 0 Å². The molecule has 0 atom stereocenters. The van der Waals surface area contributed by atoms with Crippen molar-refractivity contribution in [3.8, 4) is 0 Å². The van der Waals surface area contributed by atoms with Crippen LogP contribution in [-0.4, -0.2) is 14.3 Å². The Bertz CT molecular complexity index is 1170. The molecule has 5 heteroatoms. The summed E-state index contributed by atoms with van der Waals surface area (Å²) in [6.45, 7) is 3.80. The van der Waals surface area contributed by atoms with Crippen molar-refractivity contribution < 1.29 is 4.39 Å². The van der Waals surface area contributed by atoms with Crippen LogP contribution in [-0.2, 0) is 19.6 Å². The predicted molar refractivity (Wildman–Crippen MR) is 112 cm³/mol. The van der Waals surface area contributed by atoms with Gasteiger partial charge in [-0.25, -0.2) is 9.37 Å². The van der Waals surface area contributed by atoms with E-state index in [0.717, 1.165) is 16.8 Å². The molecule has 0 amide bonds. The molecule has 0 saturated heterocycles. The van der Waals surface area contributed by atoms with E-state index in [0.29, 0.717) is 25.3 Å². The second kappa shape index (κ2) is 8.37. The number of halogens is 1. The normalized spacial score (nSPS) is 11.3. The van der Waals surface area contributed by atoms with Gasteiger partial charge in [0.1, 0.15) is 11.5 Å². The number of aromatic nitrogens is 2. The summed E-state index contributed by atoms with van der Waals surface area (Å²) < 4.78 is 14.8. The molecule has 0 aliphatic rings. The van der Waals surface area contributed by atoms with E-state index in [-0.39, 0.29) is 11.4 Å². The first-order valence-electron chi connectivity index (χ1n) is 9.56. The average Bonchev–Trinajstić information content (AvgIpc) is 2.71. The van der Waals surface area contributed by atoms with Crippen LogP contribution in [0.25, 0.3) is 5.65 Å². The summed E-state index contributed by atoms with van der Waals surface area (Å²) in [6, 6.07) is 22.1. The Morgan fingerprint density at radius 3 is 2.31 bits per heavy atom. The number of hydrogen-bond acceptors (Lipinski definition) is 3. The zero-order chi connectivity index (χ0) is 20.2. The first-order chi connectivity index (χ1) is 14.1. The Labute approximate surface area is 168 Å². The topological polar surface area (TPSA) is 37.6 Å². The van der Waals surface area contributed by atoms with Crippen LogP contribution < -0.4 is 5.56 Å². The van der Waals surface area contributed by atoms with Gasteiger partial charge in [-0.05, 0) is 41.8 Å². The van der Waals surface area contributed by atoms with Gasteiger partial charge in [0.05, 0.1) is 5.69 Å². The van der Waals surface area contributed by atoms with Crippen LogP contribution in [0.2, 0.25) is 0 Å². The maximum Gasteiger partial charge on any atom is 0.258 e. The number of pyridine rings is 1. The number of fused-ring (bicyclic) bond motifs is 1. The molecule has 4 aromatic rings. The van der Waals surface area contributed by atoms with Crippen LogP contribution in [0.3, 0.4) is 0 Å². The molecule has 2 aromatic heterocycles. The van der Waals surface area contributed by atoms with E-state index in [2.05, 4.69) is 22.0 Å². The minimum atomic E-state index is -0.247. The van der Waals surface area contributed by atoms with E-state index >= 15 is 0 Å². The van der Waals surface area contributed by atoms with Crippen molar-refractivity contribution >= 4 is 5.65 Å². The maximum atomic E-state index is 13.3. The summed E-state index contributed by atoms with van der Waals surface area (Å²) in [5.74, 6) is -0.247. The lowest BCUT2D eigenvalue weighted by atomic mass is 10.1. The van der Waals surface area contributed by atoms with Gasteiger partial charge in [0.25, 0.3) is 5.56 Å². The van der Waals surface area contributed by atoms with Crippen molar-refractivity contribution in [3.05, 3.63) is 118 Å². The van der Waals surface area contributed by atoms with E-state index in [1.165, 1.54) is 17.7 Å². The lowest BCUT2D eigenvalue weighted by Gasteiger charge is -2.22. The fourth-order valence-electron chi connectivity index (χ4n) is 3.43. The number of benzene rings is 2. The van der Waals surface area contributed by atoms with E-state index in [4.69, 9.17) is 0 Å². The van der Waals surface area contributed by atoms with Crippen molar-refractivity contribution in [2.24, 2.45) is 0 Å². The molecule has 146 valence electrons. The van der Waals surface area contributed by atoms with Crippen molar-refractivity contribution in [1.82, 2.24) is 14.3 Å². The number of nitrogens with zero attached hydrogens (tertiary/aromatic N) is 3. The second-order valence-electron chi connectivity index (χ2n) is 7.28. The van der Waals surface area contributed by atoms with Gasteiger partial charge in [0, 0.05) is 31.9 Å². The Morgan fingerprint density at radius 2 is 1.59 bits per heavy atom. The highest BCUT2D eigenvalue weighted by Gasteiger charge is 2.11. The standard InChI is InChI=1S/C24H22FN3O/c1-18-7-12-23-26-22(13-24(29)28(23)14-18)17-27(15-19-5-3-2-4-6-19)16-20-8-10-21(25)11-9-20/h2-14H,15-17H2,1H3. The minimum Gasteiger partial charge on any atom is -0.289 e. The quantitative estimate of drug-likeness (QED) is 0.494. The molecule has 4 rings (SSSR count). The van der Waals surface area contributed by atoms with Gasteiger partial charge < -0.3 is 0 Å². The highest BCUT2D eigenvalue weighted by atomic mass is 19.1. The molecule has 0 spiro atoms. The third-order valence-electron chi connectivity index (χ3n) is 4.81. The van der Waals surface area contributed by atoms with Crippen LogP contribution in [0, 0.1) is 12.7 Å². The van der Waals surface area contributed by atoms with Crippen molar-refractivity contribution in [2.45, 2.75) is 26.6 Å². The van der Waals surface area contributed by atoms with Crippen LogP contribution in [0.1, 0.15) is 22.4 Å². The fourth-order valence-corrected chi connectivity index (χ4v) is 3.43. The molecule has 0 fully saturated rings. The third kappa shape index (κ3) is 4.76. The Balaban J connectivity index is 1.63. The van der Waals surface area contributed by atoms with Crippen molar-refractivity contribution in [3.63, 3.8) is 0 Å². The van der Waals surface area contributed by atoms with Gasteiger partial charge in [-0.3, -0.25) is 14.1 Å². The largest absolute Gasteiger partial charge is 0.289 e. The van der Waals surface area contributed by atoms with Gasteiger partial charge in [-0.15, -0.1) is 0 Å². The molecule has 0 saturated carbocycles. The van der Waals surface area contributed by atoms with Crippen molar-refractivity contribution in [2.75, 3.05) is 0 Å². The fraction of sp³-hybridized carbons (Fsp3) is 0.167. The summed E-state index contributed by atoms with van der Waals surface area (Å²) in [5, 5.41) is 0. The minimum absolute atomic E-state index is 0.0878. The second-order valence-corrected chi connectivity index (χ2v) is 7.28. The molecule has 0 aliphatic carbocycles. The lowest BCUT2D eigenvalue weighted by molar-refractivity contribution is 0.244. The average molecular weight is 387 g/mol. The van der Waals surface area contributed by atoms with E-state index in [1.54, 1.807) is 28.8 Å². The van der Waals surface area contributed by atoms with Gasteiger partial charge >= 0.3 is 0 Å². The Morgan fingerprint density at radius 1 is 0.897 bits per heavy atom. The summed E-state index contributed by atoms with van der Waals surface area (Å²) in [7, 11) is 0. The SMILES string of the molecule is Cc1ccc2nc(CN(Cc3ccccc3)Cc3ccc(F)cc3)cc(=O)n2c1. The predicted octanol–water partition coefficient (Wildman–Crippen LogP) is 4.34. The molecule has 0 aliphatic heterocycles. The van der Waals surface area contributed by atoms with Gasteiger partial charge in [-0.2, -0.15) is 0 Å². The molecule has 2 heterocycles. The molecule has 4 nitrogen and oxygen atoms in total. The molecule has 29 heavy (non-hydrogen) atoms. The first kappa shape index (κ1) is 19.0. The zero-order valence-corrected chi connectivity index (χ0v) is 16.3. The summed E-state index contributed by atoms with van der Waals surface area (Å²) in [5.41, 5.74) is 4.46. The number of aryl methyl sites for hydroxylation is 1. The van der Waals surface area contributed by atoms with Gasteiger partial charge in [0.2, 0.25) is 0 Å². The third-order valence-corrected chi connectivity index (χ3v) is 4.81. The van der Waals surface area contributed by atoms with Crippen LogP contribution >= 0.6 is 0 Å². The highest BCUT2D eigenvalue weighted by molar-refractivity contribution is 5.40. The van der Waals surface area contributed by atoms with E-state index in [1.807, 2.05) is 37.3 Å². The smallest absolute Gasteiger partial charge is 0.258 e. The summed E-state index contributed by atoms with van der Waals surface area (Å²) in [6.07, 6.45) is 1.80. The monoisotopic (exact) mass is 387 g/mol. The first-order valence-corrected chi connectivity index (χ1v) is 9.56. The highest BCUT2D eigenvalue weighted by Crippen LogP contribution is 2.14. The van der Waals surface area contributed by atoms with E-state index in [9.17, 15) is 9.18 Å². The van der Waals surface area contributed by atoms with Crippen molar-refractivity contribution in [1.29, 1.82) is 0 Å². The Kier molecular flexibility index (Phi) is 5.49. The summed E-state index contributed by atoms with van der Waals surface area (Å²) in [4.78, 5) is 19.4. The van der Waals surface area contributed by atoms with Gasteiger partial charge in [-0.1, -0.05) is 48.5 Å². The maximum absolute atomic E-state index is 13.3. The van der Waals surface area contributed by atoms with E-state index < -0.39 is 0 Å². The number of hydrogen-bond donors (Lipinski definition) is 0. The van der Waals surface area contributed by atoms with Crippen LogP contribution in [0.15, 0.2) is 83.8 Å².